The zero-order valence-electron chi connectivity index (χ0n) is 14.1. The molecule has 0 aromatic carbocycles. The molecule has 0 unspecified atom stereocenters. The Morgan fingerprint density at radius 2 is 2.39 bits per heavy atom. The largest absolute Gasteiger partial charge is 0.377 e. The first-order chi connectivity index (χ1) is 11.1. The summed E-state index contributed by atoms with van der Waals surface area (Å²) >= 11 is 0. The SMILES string of the molecule is CC(=O)N1CCOC[C@@]2(CC[C@@H](CNCc3cccn3C)O2)C1. The molecule has 6 nitrogen and oxygen atoms in total. The minimum Gasteiger partial charge on any atom is -0.377 e. The maximum atomic E-state index is 11.7. The molecule has 128 valence electrons. The van der Waals surface area contributed by atoms with E-state index < -0.39 is 0 Å². The van der Waals surface area contributed by atoms with E-state index in [0.717, 1.165) is 25.9 Å². The van der Waals surface area contributed by atoms with E-state index in [1.807, 2.05) is 4.90 Å². The Hall–Kier alpha value is -1.37. The molecule has 1 aromatic rings. The number of aromatic nitrogens is 1. The van der Waals surface area contributed by atoms with Crippen LogP contribution in [-0.2, 0) is 27.9 Å². The van der Waals surface area contributed by atoms with Crippen molar-refractivity contribution in [1.82, 2.24) is 14.8 Å². The van der Waals surface area contributed by atoms with Crippen LogP contribution in [0, 0.1) is 0 Å². The zero-order chi connectivity index (χ0) is 16.3. The van der Waals surface area contributed by atoms with Crippen LogP contribution in [0.1, 0.15) is 25.5 Å². The highest BCUT2D eigenvalue weighted by atomic mass is 16.6. The fourth-order valence-electron chi connectivity index (χ4n) is 3.48. The highest BCUT2D eigenvalue weighted by molar-refractivity contribution is 5.73. The van der Waals surface area contributed by atoms with Crippen molar-refractivity contribution in [2.45, 2.75) is 38.0 Å². The van der Waals surface area contributed by atoms with Crippen LogP contribution in [0.25, 0.3) is 0 Å². The first kappa shape index (κ1) is 16.5. The van der Waals surface area contributed by atoms with Crippen LogP contribution in [0.15, 0.2) is 18.3 Å². The van der Waals surface area contributed by atoms with E-state index in [-0.39, 0.29) is 17.6 Å². The second kappa shape index (κ2) is 7.03. The molecular weight excluding hydrogens is 294 g/mol. The van der Waals surface area contributed by atoms with E-state index in [1.54, 1.807) is 6.92 Å². The van der Waals surface area contributed by atoms with Gasteiger partial charge in [-0.1, -0.05) is 0 Å². The molecule has 2 aliphatic rings. The van der Waals surface area contributed by atoms with Crippen molar-refractivity contribution < 1.29 is 14.3 Å². The Morgan fingerprint density at radius 1 is 1.52 bits per heavy atom. The Kier molecular flexibility index (Phi) is 5.04. The van der Waals surface area contributed by atoms with Crippen molar-refractivity contribution in [3.63, 3.8) is 0 Å². The van der Waals surface area contributed by atoms with Crippen LogP contribution < -0.4 is 5.32 Å². The third-order valence-electron chi connectivity index (χ3n) is 4.86. The zero-order valence-corrected chi connectivity index (χ0v) is 14.1. The number of nitrogens with zero attached hydrogens (tertiary/aromatic N) is 2. The van der Waals surface area contributed by atoms with Gasteiger partial charge in [-0.15, -0.1) is 0 Å². The molecule has 0 bridgehead atoms. The maximum Gasteiger partial charge on any atom is 0.219 e. The molecule has 0 radical (unpaired) electrons. The minimum atomic E-state index is -0.320. The summed E-state index contributed by atoms with van der Waals surface area (Å²) in [4.78, 5) is 13.6. The average Bonchev–Trinajstić information content (AvgIpc) is 3.02. The molecule has 3 rings (SSSR count). The molecule has 1 N–H and O–H groups in total. The van der Waals surface area contributed by atoms with Gasteiger partial charge in [-0.3, -0.25) is 4.79 Å². The number of carbonyl (C=O) groups excluding carboxylic acids is 1. The van der Waals surface area contributed by atoms with E-state index in [9.17, 15) is 4.79 Å². The topological polar surface area (TPSA) is 55.7 Å². The number of ether oxygens (including phenoxy) is 2. The molecule has 1 spiro atoms. The molecule has 2 fully saturated rings. The lowest BCUT2D eigenvalue weighted by Crippen LogP contribution is -2.46. The van der Waals surface area contributed by atoms with Crippen molar-refractivity contribution in [2.75, 3.05) is 32.8 Å². The Balaban J connectivity index is 1.50. The first-order valence-electron chi connectivity index (χ1n) is 8.40. The lowest BCUT2D eigenvalue weighted by molar-refractivity contribution is -0.133. The third kappa shape index (κ3) is 3.94. The normalized spacial score (nSPS) is 28.3. The summed E-state index contributed by atoms with van der Waals surface area (Å²) in [6.07, 6.45) is 4.20. The van der Waals surface area contributed by atoms with Crippen molar-refractivity contribution >= 4 is 5.91 Å². The monoisotopic (exact) mass is 321 g/mol. The number of hydrogen-bond donors (Lipinski definition) is 1. The van der Waals surface area contributed by atoms with E-state index in [0.29, 0.717) is 26.3 Å². The van der Waals surface area contributed by atoms with Gasteiger partial charge in [0.15, 0.2) is 0 Å². The van der Waals surface area contributed by atoms with Gasteiger partial charge in [0.1, 0.15) is 5.60 Å². The summed E-state index contributed by atoms with van der Waals surface area (Å²) in [5.74, 6) is 0.101. The van der Waals surface area contributed by atoms with Crippen LogP contribution >= 0.6 is 0 Å². The summed E-state index contributed by atoms with van der Waals surface area (Å²) in [6.45, 7) is 5.78. The van der Waals surface area contributed by atoms with Crippen LogP contribution in [0.3, 0.4) is 0 Å². The molecule has 6 heteroatoms. The van der Waals surface area contributed by atoms with Gasteiger partial charge in [0, 0.05) is 45.5 Å². The van der Waals surface area contributed by atoms with Gasteiger partial charge in [-0.25, -0.2) is 0 Å². The van der Waals surface area contributed by atoms with Gasteiger partial charge in [-0.05, 0) is 25.0 Å². The van der Waals surface area contributed by atoms with E-state index in [2.05, 4.69) is 35.3 Å². The Morgan fingerprint density at radius 3 is 3.13 bits per heavy atom. The molecular formula is C17H27N3O3. The first-order valence-corrected chi connectivity index (χ1v) is 8.40. The fourth-order valence-corrected chi connectivity index (χ4v) is 3.48. The third-order valence-corrected chi connectivity index (χ3v) is 4.86. The number of aryl methyl sites for hydroxylation is 1. The summed E-state index contributed by atoms with van der Waals surface area (Å²) in [7, 11) is 2.05. The van der Waals surface area contributed by atoms with Gasteiger partial charge in [0.25, 0.3) is 0 Å². The minimum absolute atomic E-state index is 0.101. The predicted molar refractivity (Wildman–Crippen MR) is 87.0 cm³/mol. The summed E-state index contributed by atoms with van der Waals surface area (Å²) in [6, 6.07) is 4.17. The molecule has 2 atom stereocenters. The molecule has 1 amide bonds. The van der Waals surface area contributed by atoms with Crippen molar-refractivity contribution in [1.29, 1.82) is 0 Å². The van der Waals surface area contributed by atoms with Crippen LogP contribution in [0.4, 0.5) is 0 Å². The van der Waals surface area contributed by atoms with Crippen molar-refractivity contribution in [2.24, 2.45) is 7.05 Å². The van der Waals surface area contributed by atoms with Gasteiger partial charge in [-0.2, -0.15) is 0 Å². The van der Waals surface area contributed by atoms with Gasteiger partial charge in [0.05, 0.1) is 25.9 Å². The second-order valence-electron chi connectivity index (χ2n) is 6.70. The predicted octanol–water partition coefficient (Wildman–Crippen LogP) is 0.911. The highest BCUT2D eigenvalue weighted by Gasteiger charge is 2.43. The maximum absolute atomic E-state index is 11.7. The van der Waals surface area contributed by atoms with E-state index >= 15 is 0 Å². The average molecular weight is 321 g/mol. The Bertz CT molecular complexity index is 545. The molecule has 23 heavy (non-hydrogen) atoms. The van der Waals surface area contributed by atoms with Gasteiger partial charge in [0.2, 0.25) is 5.91 Å². The van der Waals surface area contributed by atoms with Crippen molar-refractivity contribution in [3.05, 3.63) is 24.0 Å². The molecule has 2 saturated heterocycles. The van der Waals surface area contributed by atoms with E-state index in [1.165, 1.54) is 5.69 Å². The summed E-state index contributed by atoms with van der Waals surface area (Å²) in [5, 5.41) is 3.47. The lowest BCUT2D eigenvalue weighted by Gasteiger charge is -2.31. The molecule has 1 aromatic heterocycles. The molecule has 3 heterocycles. The highest BCUT2D eigenvalue weighted by Crippen LogP contribution is 2.32. The molecule has 0 saturated carbocycles. The van der Waals surface area contributed by atoms with E-state index in [4.69, 9.17) is 9.47 Å². The lowest BCUT2D eigenvalue weighted by atomic mass is 10.00. The number of rotatable bonds is 4. The molecule has 0 aliphatic carbocycles. The number of hydrogen-bond acceptors (Lipinski definition) is 4. The summed E-state index contributed by atoms with van der Waals surface area (Å²) in [5.41, 5.74) is 0.942. The number of carbonyl (C=O) groups is 1. The van der Waals surface area contributed by atoms with Crippen LogP contribution in [0.2, 0.25) is 0 Å². The van der Waals surface area contributed by atoms with Crippen molar-refractivity contribution in [3.8, 4) is 0 Å². The molecule has 2 aliphatic heterocycles. The second-order valence-corrected chi connectivity index (χ2v) is 6.70. The number of amides is 1. The number of nitrogens with one attached hydrogen (secondary N) is 1. The standard InChI is InChI=1S/C17H27N3O3/c1-14(21)20-8-9-22-13-17(12-20)6-5-16(23-17)11-18-10-15-4-3-7-19(15)2/h3-4,7,16,18H,5-6,8-13H2,1-2H3/t16-,17+/m0/s1. The fraction of sp³-hybridized carbons (Fsp3) is 0.706. The van der Waals surface area contributed by atoms with Crippen LogP contribution in [0.5, 0.6) is 0 Å². The smallest absolute Gasteiger partial charge is 0.219 e. The summed E-state index contributed by atoms with van der Waals surface area (Å²) < 4.78 is 14.1. The van der Waals surface area contributed by atoms with Gasteiger partial charge >= 0.3 is 0 Å². The Labute approximate surface area is 137 Å². The van der Waals surface area contributed by atoms with Crippen LogP contribution in [-0.4, -0.2) is 59.9 Å². The quantitative estimate of drug-likeness (QED) is 0.896. The van der Waals surface area contributed by atoms with Gasteiger partial charge < -0.3 is 24.3 Å².